The number of aliphatic carboxylic acids is 1. The molecule has 0 unspecified atom stereocenters. The third-order valence-electron chi connectivity index (χ3n) is 5.30. The number of allylic oxidation sites excluding steroid dienone is 2. The van der Waals surface area contributed by atoms with E-state index in [1.165, 1.54) is 23.0 Å². The maximum absolute atomic E-state index is 14.7. The van der Waals surface area contributed by atoms with Crippen molar-refractivity contribution < 1.29 is 14.3 Å². The number of fused-ring (bicyclic) bond motifs is 1. The molecular weight excluding hydrogens is 413 g/mol. The van der Waals surface area contributed by atoms with E-state index in [1.807, 2.05) is 30.3 Å². The summed E-state index contributed by atoms with van der Waals surface area (Å²) in [6.07, 6.45) is 4.23. The van der Waals surface area contributed by atoms with Crippen LogP contribution in [0.2, 0.25) is 0 Å². The van der Waals surface area contributed by atoms with Gasteiger partial charge in [0.25, 0.3) is 0 Å². The highest BCUT2D eigenvalue weighted by Gasteiger charge is 2.39. The van der Waals surface area contributed by atoms with Gasteiger partial charge in [0, 0.05) is 17.8 Å². The zero-order valence-electron chi connectivity index (χ0n) is 16.4. The highest BCUT2D eigenvalue weighted by atomic mass is 32.1. The van der Waals surface area contributed by atoms with Crippen molar-refractivity contribution in [2.45, 2.75) is 11.8 Å². The third kappa shape index (κ3) is 3.68. The molecule has 2 heterocycles. The molecule has 0 fully saturated rings. The standard InChI is InChI=1S/C24H18FN3O2S/c25-18-14-16(26-13-10-21(29)30)6-7-17(18)22-27-19-8-9-20(28-23(19)31-22)24(11-12-24)15-4-2-1-3-5-15/h1-9,11-12,14,26H,10,13H2,(H,29,30). The number of carboxylic acid groups (broad SMARTS) is 1. The molecule has 0 atom stereocenters. The Bertz CT molecular complexity index is 1310. The Balaban J connectivity index is 1.43. The molecule has 0 amide bonds. The Morgan fingerprint density at radius 3 is 2.58 bits per heavy atom. The average Bonchev–Trinajstić information content (AvgIpc) is 3.47. The van der Waals surface area contributed by atoms with Crippen LogP contribution in [-0.4, -0.2) is 27.6 Å². The first kappa shape index (κ1) is 19.4. The van der Waals surface area contributed by atoms with Crippen molar-refractivity contribution in [2.24, 2.45) is 0 Å². The van der Waals surface area contributed by atoms with Crippen molar-refractivity contribution in [2.75, 3.05) is 11.9 Å². The van der Waals surface area contributed by atoms with Crippen LogP contribution in [0.1, 0.15) is 17.7 Å². The van der Waals surface area contributed by atoms with Gasteiger partial charge in [0.2, 0.25) is 0 Å². The first-order valence-corrected chi connectivity index (χ1v) is 10.7. The van der Waals surface area contributed by atoms with Gasteiger partial charge < -0.3 is 10.4 Å². The fourth-order valence-electron chi connectivity index (χ4n) is 3.58. The van der Waals surface area contributed by atoms with E-state index < -0.39 is 11.8 Å². The summed E-state index contributed by atoms with van der Waals surface area (Å²) in [6, 6.07) is 18.9. The molecule has 0 saturated heterocycles. The van der Waals surface area contributed by atoms with Crippen LogP contribution in [0.25, 0.3) is 20.9 Å². The second-order valence-corrected chi connectivity index (χ2v) is 8.35. The molecule has 7 heteroatoms. The lowest BCUT2D eigenvalue weighted by molar-refractivity contribution is -0.136. The quantitative estimate of drug-likeness (QED) is 0.392. The number of pyridine rings is 1. The number of rotatable bonds is 7. The first-order chi connectivity index (χ1) is 15.0. The lowest BCUT2D eigenvalue weighted by atomic mass is 9.89. The molecule has 1 aliphatic carbocycles. The van der Waals surface area contributed by atoms with E-state index in [0.29, 0.717) is 16.3 Å². The number of anilines is 1. The zero-order valence-corrected chi connectivity index (χ0v) is 17.2. The van der Waals surface area contributed by atoms with Gasteiger partial charge in [-0.3, -0.25) is 4.79 Å². The van der Waals surface area contributed by atoms with E-state index in [4.69, 9.17) is 10.1 Å². The van der Waals surface area contributed by atoms with Gasteiger partial charge >= 0.3 is 5.97 Å². The second kappa shape index (κ2) is 7.59. The van der Waals surface area contributed by atoms with E-state index in [9.17, 15) is 9.18 Å². The molecule has 0 bridgehead atoms. The molecule has 0 aliphatic heterocycles. The van der Waals surface area contributed by atoms with Crippen LogP contribution in [-0.2, 0) is 10.2 Å². The summed E-state index contributed by atoms with van der Waals surface area (Å²) < 4.78 is 14.7. The number of carboxylic acids is 1. The topological polar surface area (TPSA) is 75.1 Å². The van der Waals surface area contributed by atoms with Gasteiger partial charge in [0.05, 0.1) is 17.5 Å². The van der Waals surface area contributed by atoms with Gasteiger partial charge in [-0.25, -0.2) is 14.4 Å². The van der Waals surface area contributed by atoms with Crippen LogP contribution < -0.4 is 5.32 Å². The van der Waals surface area contributed by atoms with E-state index in [2.05, 4.69) is 34.6 Å². The van der Waals surface area contributed by atoms with Crippen molar-refractivity contribution in [3.63, 3.8) is 0 Å². The molecule has 0 spiro atoms. The number of benzene rings is 2. The lowest BCUT2D eigenvalue weighted by Gasteiger charge is -2.15. The summed E-state index contributed by atoms with van der Waals surface area (Å²) in [5.41, 5.74) is 3.50. The van der Waals surface area contributed by atoms with Crippen molar-refractivity contribution in [3.05, 3.63) is 89.9 Å². The van der Waals surface area contributed by atoms with Gasteiger partial charge in [-0.15, -0.1) is 0 Å². The maximum atomic E-state index is 14.7. The van der Waals surface area contributed by atoms with Crippen LogP contribution in [0.5, 0.6) is 0 Å². The van der Waals surface area contributed by atoms with Crippen molar-refractivity contribution in [3.8, 4) is 10.6 Å². The van der Waals surface area contributed by atoms with Gasteiger partial charge in [-0.2, -0.15) is 0 Å². The lowest BCUT2D eigenvalue weighted by Crippen LogP contribution is -2.12. The minimum absolute atomic E-state index is 0.0332. The number of thiazole rings is 1. The maximum Gasteiger partial charge on any atom is 0.305 e. The van der Waals surface area contributed by atoms with E-state index >= 15 is 0 Å². The molecule has 2 N–H and O–H groups in total. The summed E-state index contributed by atoms with van der Waals surface area (Å²) in [5, 5.41) is 12.2. The molecular formula is C24H18FN3O2S. The molecule has 2 aromatic carbocycles. The number of carbonyl (C=O) groups is 1. The minimum atomic E-state index is -0.902. The highest BCUT2D eigenvalue weighted by Crippen LogP contribution is 2.45. The van der Waals surface area contributed by atoms with Crippen LogP contribution >= 0.6 is 11.3 Å². The molecule has 0 radical (unpaired) electrons. The fourth-order valence-corrected chi connectivity index (χ4v) is 4.55. The number of nitrogens with zero attached hydrogens (tertiary/aromatic N) is 2. The fraction of sp³-hybridized carbons (Fsp3) is 0.125. The Morgan fingerprint density at radius 1 is 1.06 bits per heavy atom. The highest BCUT2D eigenvalue weighted by molar-refractivity contribution is 7.21. The molecule has 5 rings (SSSR count). The number of nitrogens with one attached hydrogen (secondary N) is 1. The van der Waals surface area contributed by atoms with Gasteiger partial charge in [-0.1, -0.05) is 53.8 Å². The van der Waals surface area contributed by atoms with Crippen LogP contribution in [0, 0.1) is 5.82 Å². The van der Waals surface area contributed by atoms with Gasteiger partial charge in [-0.05, 0) is 35.9 Å². The van der Waals surface area contributed by atoms with E-state index in [-0.39, 0.29) is 18.4 Å². The monoisotopic (exact) mass is 431 g/mol. The summed E-state index contributed by atoms with van der Waals surface area (Å²) in [6.45, 7) is 0.235. The predicted octanol–water partition coefficient (Wildman–Crippen LogP) is 5.24. The SMILES string of the molecule is O=C(O)CCNc1ccc(-c2nc3ccc(C4(c5ccccc5)C=C4)nc3s2)c(F)c1. The first-order valence-electron chi connectivity index (χ1n) is 9.85. The largest absolute Gasteiger partial charge is 0.481 e. The number of hydrogen-bond acceptors (Lipinski definition) is 5. The normalized spacial score (nSPS) is 14.0. The van der Waals surface area contributed by atoms with Crippen LogP contribution in [0.4, 0.5) is 10.1 Å². The van der Waals surface area contributed by atoms with Gasteiger partial charge in [0.15, 0.2) is 0 Å². The Kier molecular flexibility index (Phi) is 4.75. The number of halogens is 1. The molecule has 2 aromatic heterocycles. The Labute approximate surface area is 181 Å². The number of aromatic nitrogens is 2. The minimum Gasteiger partial charge on any atom is -0.481 e. The number of hydrogen-bond donors (Lipinski definition) is 2. The second-order valence-electron chi connectivity index (χ2n) is 7.37. The predicted molar refractivity (Wildman–Crippen MR) is 120 cm³/mol. The molecule has 4 aromatic rings. The van der Waals surface area contributed by atoms with Crippen LogP contribution in [0.3, 0.4) is 0 Å². The van der Waals surface area contributed by atoms with Crippen molar-refractivity contribution >= 4 is 33.3 Å². The van der Waals surface area contributed by atoms with Crippen molar-refractivity contribution in [1.29, 1.82) is 0 Å². The smallest absolute Gasteiger partial charge is 0.305 e. The Morgan fingerprint density at radius 2 is 1.87 bits per heavy atom. The third-order valence-corrected chi connectivity index (χ3v) is 6.30. The molecule has 154 valence electrons. The molecule has 0 saturated carbocycles. The Hall–Kier alpha value is -3.58. The van der Waals surface area contributed by atoms with Crippen molar-refractivity contribution in [1.82, 2.24) is 9.97 Å². The van der Waals surface area contributed by atoms with E-state index in [0.717, 1.165) is 16.0 Å². The summed E-state index contributed by atoms with van der Waals surface area (Å²) in [5.74, 6) is -1.31. The summed E-state index contributed by atoms with van der Waals surface area (Å²) in [4.78, 5) is 20.8. The summed E-state index contributed by atoms with van der Waals surface area (Å²) in [7, 11) is 0. The molecule has 1 aliphatic rings. The van der Waals surface area contributed by atoms with Gasteiger partial charge in [0.1, 0.15) is 21.2 Å². The summed E-state index contributed by atoms with van der Waals surface area (Å²) >= 11 is 1.36. The molecule has 5 nitrogen and oxygen atoms in total. The van der Waals surface area contributed by atoms with Crippen LogP contribution in [0.15, 0.2) is 72.8 Å². The van der Waals surface area contributed by atoms with E-state index in [1.54, 1.807) is 12.1 Å². The zero-order chi connectivity index (χ0) is 21.4. The molecule has 31 heavy (non-hydrogen) atoms. The average molecular weight is 431 g/mol.